The summed E-state index contributed by atoms with van der Waals surface area (Å²) in [6.45, 7) is 1.93. The summed E-state index contributed by atoms with van der Waals surface area (Å²) in [5.41, 5.74) is 1.01. The predicted molar refractivity (Wildman–Crippen MR) is 88.7 cm³/mol. The minimum atomic E-state index is -0.398. The molecule has 0 unspecified atom stereocenters. The van der Waals surface area contributed by atoms with Gasteiger partial charge < -0.3 is 14.4 Å². The van der Waals surface area contributed by atoms with Crippen LogP contribution >= 0.6 is 0 Å². The monoisotopic (exact) mass is 342 g/mol. The van der Waals surface area contributed by atoms with Gasteiger partial charge in [-0.1, -0.05) is 30.3 Å². The van der Waals surface area contributed by atoms with Gasteiger partial charge in [-0.05, 0) is 18.4 Å². The molecule has 4 aliphatic rings. The van der Waals surface area contributed by atoms with Crippen LogP contribution < -0.4 is 0 Å². The van der Waals surface area contributed by atoms with Gasteiger partial charge in [0, 0.05) is 24.9 Å². The van der Waals surface area contributed by atoms with E-state index < -0.39 is 6.09 Å². The average molecular weight is 342 g/mol. The van der Waals surface area contributed by atoms with Gasteiger partial charge in [-0.2, -0.15) is 0 Å². The molecule has 5 rings (SSSR count). The molecule has 132 valence electrons. The molecule has 0 aliphatic carbocycles. The summed E-state index contributed by atoms with van der Waals surface area (Å²) in [5.74, 6) is 0.991. The summed E-state index contributed by atoms with van der Waals surface area (Å²) in [7, 11) is 0. The van der Waals surface area contributed by atoms with Crippen molar-refractivity contribution in [3.05, 3.63) is 35.9 Å². The van der Waals surface area contributed by atoms with E-state index in [9.17, 15) is 9.59 Å². The van der Waals surface area contributed by atoms with Gasteiger partial charge in [0.15, 0.2) is 0 Å². The predicted octanol–water partition coefficient (Wildman–Crippen LogP) is 1.82. The van der Waals surface area contributed by atoms with Crippen LogP contribution in [-0.2, 0) is 14.3 Å². The molecule has 1 aromatic carbocycles. The zero-order valence-electron chi connectivity index (χ0n) is 14.0. The van der Waals surface area contributed by atoms with E-state index in [0.717, 1.165) is 31.5 Å². The first kappa shape index (κ1) is 15.2. The highest BCUT2D eigenvalue weighted by molar-refractivity contribution is 5.83. The molecule has 2 amide bonds. The van der Waals surface area contributed by atoms with Crippen LogP contribution in [-0.4, -0.2) is 60.2 Å². The van der Waals surface area contributed by atoms with Crippen molar-refractivity contribution in [1.29, 1.82) is 0 Å². The molecule has 0 spiro atoms. The number of nitrogens with zero attached hydrogens (tertiary/aromatic N) is 2. The third kappa shape index (κ3) is 2.42. The van der Waals surface area contributed by atoms with Gasteiger partial charge in [0.25, 0.3) is 0 Å². The van der Waals surface area contributed by atoms with E-state index in [-0.39, 0.29) is 18.5 Å². The molecular weight excluding hydrogens is 320 g/mol. The summed E-state index contributed by atoms with van der Waals surface area (Å²) in [5, 5.41) is 0. The van der Waals surface area contributed by atoms with Crippen molar-refractivity contribution in [2.75, 3.05) is 26.2 Å². The second kappa shape index (κ2) is 5.73. The molecule has 4 saturated heterocycles. The van der Waals surface area contributed by atoms with Gasteiger partial charge in [-0.3, -0.25) is 9.69 Å². The highest BCUT2D eigenvalue weighted by Crippen LogP contribution is 2.47. The number of hydrogen-bond acceptors (Lipinski definition) is 4. The number of likely N-dealkylation sites (tertiary alicyclic amines) is 1. The molecule has 1 aromatic rings. The highest BCUT2D eigenvalue weighted by atomic mass is 16.6. The van der Waals surface area contributed by atoms with Crippen LogP contribution in [0.2, 0.25) is 0 Å². The first-order chi connectivity index (χ1) is 12.2. The smallest absolute Gasteiger partial charge is 0.410 e. The molecule has 25 heavy (non-hydrogen) atoms. The topological polar surface area (TPSA) is 59.1 Å². The number of ether oxygens (including phenoxy) is 2. The number of carbonyl (C=O) groups is 2. The summed E-state index contributed by atoms with van der Waals surface area (Å²) in [6.07, 6.45) is 2.53. The van der Waals surface area contributed by atoms with Crippen molar-refractivity contribution in [3.63, 3.8) is 0 Å². The van der Waals surface area contributed by atoms with Gasteiger partial charge in [0.2, 0.25) is 5.91 Å². The Morgan fingerprint density at radius 2 is 1.76 bits per heavy atom. The van der Waals surface area contributed by atoms with Crippen molar-refractivity contribution in [3.8, 4) is 0 Å². The Morgan fingerprint density at radius 3 is 2.44 bits per heavy atom. The van der Waals surface area contributed by atoms with Gasteiger partial charge in [-0.25, -0.2) is 4.79 Å². The molecule has 4 aliphatic heterocycles. The van der Waals surface area contributed by atoms with E-state index in [4.69, 9.17) is 9.47 Å². The van der Waals surface area contributed by atoms with Crippen LogP contribution in [0.3, 0.4) is 0 Å². The lowest BCUT2D eigenvalue weighted by molar-refractivity contribution is -0.131. The molecular formula is C19H22N2O4. The molecule has 0 aromatic heterocycles. The summed E-state index contributed by atoms with van der Waals surface area (Å²) in [4.78, 5) is 28.4. The zero-order chi connectivity index (χ0) is 17.0. The third-order valence-electron chi connectivity index (χ3n) is 6.27. The lowest BCUT2D eigenvalue weighted by Crippen LogP contribution is -2.41. The van der Waals surface area contributed by atoms with Gasteiger partial charge >= 0.3 is 6.09 Å². The Bertz CT molecular complexity index is 676. The number of amides is 2. The molecule has 4 heterocycles. The lowest BCUT2D eigenvalue weighted by atomic mass is 9.82. The normalized spacial score (nSPS) is 36.0. The summed E-state index contributed by atoms with van der Waals surface area (Å²) in [6, 6.07) is 9.58. The fourth-order valence-corrected chi connectivity index (χ4v) is 4.99. The fourth-order valence-electron chi connectivity index (χ4n) is 4.99. The lowest BCUT2D eigenvalue weighted by Gasteiger charge is -2.25. The minimum absolute atomic E-state index is 0.0218. The van der Waals surface area contributed by atoms with E-state index in [1.165, 1.54) is 0 Å². The number of benzene rings is 1. The van der Waals surface area contributed by atoms with Crippen molar-refractivity contribution in [2.45, 2.75) is 31.1 Å². The van der Waals surface area contributed by atoms with E-state index >= 15 is 0 Å². The van der Waals surface area contributed by atoms with Crippen molar-refractivity contribution in [1.82, 2.24) is 9.80 Å². The van der Waals surface area contributed by atoms with Crippen LogP contribution in [0, 0.1) is 11.8 Å². The fraction of sp³-hybridized carbons (Fsp3) is 0.579. The third-order valence-corrected chi connectivity index (χ3v) is 6.27. The van der Waals surface area contributed by atoms with E-state index in [0.29, 0.717) is 30.7 Å². The summed E-state index contributed by atoms with van der Waals surface area (Å²) < 4.78 is 11.2. The van der Waals surface area contributed by atoms with Gasteiger partial charge in [0.05, 0.1) is 18.2 Å². The SMILES string of the molecule is O=C(CN1C(=O)OC[C@@H]1c1ccccc1)N1C[C@@H]2[C@H](C1)[C@H]1CC[C@@H]2O1. The number of hydrogen-bond donors (Lipinski definition) is 0. The Kier molecular flexibility index (Phi) is 3.48. The van der Waals surface area contributed by atoms with E-state index in [2.05, 4.69) is 0 Å². The molecule has 0 radical (unpaired) electrons. The molecule has 4 fully saturated rings. The zero-order valence-corrected chi connectivity index (χ0v) is 14.0. The standard InChI is InChI=1S/C19H22N2O4/c22-18(20-8-13-14(9-20)17-7-6-16(13)25-17)10-21-15(11-24-19(21)23)12-4-2-1-3-5-12/h1-5,13-17H,6-11H2/t13-,14+,15-,16+,17-/m1/s1. The average Bonchev–Trinajstić information content (AvgIpc) is 3.37. The largest absolute Gasteiger partial charge is 0.447 e. The first-order valence-electron chi connectivity index (χ1n) is 9.12. The Morgan fingerprint density at radius 1 is 1.08 bits per heavy atom. The molecule has 6 nitrogen and oxygen atoms in total. The van der Waals surface area contributed by atoms with Crippen LogP contribution in [0.25, 0.3) is 0 Å². The van der Waals surface area contributed by atoms with Gasteiger partial charge in [0.1, 0.15) is 13.2 Å². The van der Waals surface area contributed by atoms with Crippen LogP contribution in [0.4, 0.5) is 4.79 Å². The Labute approximate surface area is 146 Å². The molecule has 5 atom stereocenters. The van der Waals surface area contributed by atoms with Crippen LogP contribution in [0.5, 0.6) is 0 Å². The van der Waals surface area contributed by atoms with Crippen LogP contribution in [0.1, 0.15) is 24.4 Å². The minimum Gasteiger partial charge on any atom is -0.447 e. The number of cyclic esters (lactones) is 1. The maximum Gasteiger partial charge on any atom is 0.410 e. The van der Waals surface area contributed by atoms with E-state index in [1.807, 2.05) is 35.2 Å². The highest BCUT2D eigenvalue weighted by Gasteiger charge is 2.54. The molecule has 6 heteroatoms. The number of fused-ring (bicyclic) bond motifs is 5. The van der Waals surface area contributed by atoms with Crippen molar-refractivity contribution >= 4 is 12.0 Å². The Balaban J connectivity index is 1.28. The Hall–Kier alpha value is -2.08. The molecule has 0 N–H and O–H groups in total. The molecule has 0 saturated carbocycles. The van der Waals surface area contributed by atoms with Crippen molar-refractivity contribution in [2.24, 2.45) is 11.8 Å². The number of carbonyl (C=O) groups excluding carboxylic acids is 2. The van der Waals surface area contributed by atoms with Crippen molar-refractivity contribution < 1.29 is 19.1 Å². The second-order valence-corrected chi connectivity index (χ2v) is 7.55. The van der Waals surface area contributed by atoms with Gasteiger partial charge in [-0.15, -0.1) is 0 Å². The second-order valence-electron chi connectivity index (χ2n) is 7.55. The summed E-state index contributed by atoms with van der Waals surface area (Å²) >= 11 is 0. The maximum absolute atomic E-state index is 12.8. The molecule has 2 bridgehead atoms. The maximum atomic E-state index is 12.8. The van der Waals surface area contributed by atoms with E-state index in [1.54, 1.807) is 4.90 Å². The van der Waals surface area contributed by atoms with Crippen LogP contribution in [0.15, 0.2) is 30.3 Å². The first-order valence-corrected chi connectivity index (χ1v) is 9.12. The number of rotatable bonds is 3. The quantitative estimate of drug-likeness (QED) is 0.841.